The topological polar surface area (TPSA) is 116 Å². The number of esters is 1. The largest absolute Gasteiger partial charge is 0.481 e. The molecular weight excluding hydrogens is 230 g/mol. The smallest absolute Gasteiger partial charge is 0.324 e. The lowest BCUT2D eigenvalue weighted by Gasteiger charge is -2.22. The highest BCUT2D eigenvalue weighted by Gasteiger charge is 2.31. The number of carbonyl (C=O) groups is 3. The lowest BCUT2D eigenvalue weighted by Crippen LogP contribution is -2.33. The van der Waals surface area contributed by atoms with E-state index in [1.807, 2.05) is 0 Å². The third-order valence-corrected chi connectivity index (χ3v) is 1.76. The highest BCUT2D eigenvalue weighted by molar-refractivity contribution is 5.94. The molecule has 3 N–H and O–H groups in total. The zero-order chi connectivity index (χ0) is 13.6. The van der Waals surface area contributed by atoms with Gasteiger partial charge in [-0.1, -0.05) is 0 Å². The first-order valence-electron chi connectivity index (χ1n) is 5.02. The number of carboxylic acid groups (broad SMARTS) is 1. The van der Waals surface area contributed by atoms with Crippen molar-refractivity contribution in [3.8, 4) is 0 Å². The summed E-state index contributed by atoms with van der Waals surface area (Å²) in [7, 11) is 0. The van der Waals surface area contributed by atoms with Gasteiger partial charge in [-0.15, -0.1) is 0 Å². The van der Waals surface area contributed by atoms with E-state index in [9.17, 15) is 14.4 Å². The van der Waals surface area contributed by atoms with Gasteiger partial charge in [0.1, 0.15) is 5.60 Å². The fourth-order valence-electron chi connectivity index (χ4n) is 1.04. The fraction of sp³-hybridized carbons (Fsp3) is 0.700. The summed E-state index contributed by atoms with van der Waals surface area (Å²) in [6, 6.07) is 0. The van der Waals surface area contributed by atoms with Crippen molar-refractivity contribution in [2.24, 2.45) is 11.8 Å². The minimum Gasteiger partial charge on any atom is -0.481 e. The molecule has 0 saturated carbocycles. The molecule has 0 amide bonds. The van der Waals surface area contributed by atoms with Crippen LogP contribution in [0.4, 0.5) is 0 Å². The molecule has 0 radical (unpaired) electrons. The number of ether oxygens (including phenoxy) is 1. The number of carboxylic acids is 1. The average molecular weight is 247 g/mol. The van der Waals surface area contributed by atoms with Gasteiger partial charge in [0.2, 0.25) is 0 Å². The summed E-state index contributed by atoms with van der Waals surface area (Å²) in [6.07, 6.45) is -0.465. The van der Waals surface area contributed by atoms with Crippen molar-refractivity contribution >= 4 is 17.9 Å². The van der Waals surface area contributed by atoms with Crippen molar-refractivity contribution < 1.29 is 29.1 Å². The summed E-state index contributed by atoms with van der Waals surface area (Å²) in [5.41, 5.74) is -0.779. The van der Waals surface area contributed by atoms with Gasteiger partial charge in [0, 0.05) is 6.42 Å². The Labute approximate surface area is 98.8 Å². The predicted octanol–water partition coefficient (Wildman–Crippen LogP) is 0.226. The molecule has 7 heteroatoms. The Balaban J connectivity index is 4.48. The molecule has 1 atom stereocenters. The number of hydrogen-bond acceptors (Lipinski definition) is 6. The number of aliphatic carboxylic acids is 1. The van der Waals surface area contributed by atoms with Crippen molar-refractivity contribution in [2.45, 2.75) is 39.2 Å². The van der Waals surface area contributed by atoms with Crippen molar-refractivity contribution in [3.05, 3.63) is 0 Å². The lowest BCUT2D eigenvalue weighted by molar-refractivity contribution is -0.167. The van der Waals surface area contributed by atoms with E-state index in [2.05, 4.69) is 10.7 Å². The molecule has 7 nitrogen and oxygen atoms in total. The van der Waals surface area contributed by atoms with Crippen LogP contribution < -0.4 is 5.90 Å². The molecule has 0 aromatic carbocycles. The monoisotopic (exact) mass is 247 g/mol. The van der Waals surface area contributed by atoms with Crippen molar-refractivity contribution in [1.82, 2.24) is 0 Å². The molecule has 98 valence electrons. The second-order valence-corrected chi connectivity index (χ2v) is 4.45. The van der Waals surface area contributed by atoms with Crippen LogP contribution >= 0.6 is 0 Å². The van der Waals surface area contributed by atoms with Crippen LogP contribution in [0.5, 0.6) is 0 Å². The molecule has 0 saturated heterocycles. The normalized spacial score (nSPS) is 12.7. The van der Waals surface area contributed by atoms with Crippen molar-refractivity contribution in [1.29, 1.82) is 0 Å². The van der Waals surface area contributed by atoms with Gasteiger partial charge in [0.05, 0.1) is 0 Å². The van der Waals surface area contributed by atoms with E-state index in [0.29, 0.717) is 0 Å². The Morgan fingerprint density at radius 1 is 1.29 bits per heavy atom. The van der Waals surface area contributed by atoms with Crippen LogP contribution in [0.3, 0.4) is 0 Å². The first-order chi connectivity index (χ1) is 7.67. The lowest BCUT2D eigenvalue weighted by atomic mass is 10.0. The van der Waals surface area contributed by atoms with Crippen LogP contribution in [0.15, 0.2) is 0 Å². The maximum atomic E-state index is 11.5. The summed E-state index contributed by atoms with van der Waals surface area (Å²) in [5, 5.41) is 8.84. The van der Waals surface area contributed by atoms with Gasteiger partial charge in [0.15, 0.2) is 5.92 Å². The van der Waals surface area contributed by atoms with Gasteiger partial charge in [-0.3, -0.25) is 14.4 Å². The van der Waals surface area contributed by atoms with E-state index in [1.54, 1.807) is 20.8 Å². The van der Waals surface area contributed by atoms with Crippen LogP contribution in [-0.4, -0.2) is 28.6 Å². The average Bonchev–Trinajstić information content (AvgIpc) is 2.14. The zero-order valence-corrected chi connectivity index (χ0v) is 10.1. The first kappa shape index (κ1) is 15.4. The summed E-state index contributed by atoms with van der Waals surface area (Å²) < 4.78 is 4.92. The van der Waals surface area contributed by atoms with E-state index in [-0.39, 0.29) is 12.8 Å². The van der Waals surface area contributed by atoms with Crippen molar-refractivity contribution in [3.63, 3.8) is 0 Å². The van der Waals surface area contributed by atoms with Crippen molar-refractivity contribution in [2.75, 3.05) is 0 Å². The molecule has 0 heterocycles. The van der Waals surface area contributed by atoms with Crippen LogP contribution in [0, 0.1) is 5.92 Å². The summed E-state index contributed by atoms with van der Waals surface area (Å²) in [4.78, 5) is 37.0. The fourth-order valence-corrected chi connectivity index (χ4v) is 1.04. The number of carbonyl (C=O) groups excluding carboxylic acids is 2. The molecule has 0 bridgehead atoms. The Morgan fingerprint density at radius 2 is 1.82 bits per heavy atom. The molecule has 0 aromatic rings. The molecule has 0 rings (SSSR count). The maximum absolute atomic E-state index is 11.5. The molecule has 1 unspecified atom stereocenters. The minimum absolute atomic E-state index is 0.208. The highest BCUT2D eigenvalue weighted by Crippen LogP contribution is 2.15. The van der Waals surface area contributed by atoms with Gasteiger partial charge < -0.3 is 14.7 Å². The van der Waals surface area contributed by atoms with Crippen LogP contribution in [0.2, 0.25) is 0 Å². The Bertz CT molecular complexity index is 306. The van der Waals surface area contributed by atoms with E-state index in [0.717, 1.165) is 0 Å². The van der Waals surface area contributed by atoms with E-state index in [4.69, 9.17) is 9.84 Å². The molecule has 0 fully saturated rings. The maximum Gasteiger partial charge on any atom is 0.324 e. The second kappa shape index (κ2) is 6.19. The number of hydrogen-bond donors (Lipinski definition) is 2. The predicted molar refractivity (Wildman–Crippen MR) is 56.5 cm³/mol. The summed E-state index contributed by atoms with van der Waals surface area (Å²) in [5.74, 6) is 0.203. The van der Waals surface area contributed by atoms with Gasteiger partial charge in [-0.2, -0.15) is 5.90 Å². The third kappa shape index (κ3) is 6.52. The standard InChI is InChI=1S/C10H17NO6/c1-10(2,3)16-9(15)6(8(13)14)4-5-7(12)17-11/h6H,4-5,11H2,1-3H3,(H,13,14). The van der Waals surface area contributed by atoms with Gasteiger partial charge >= 0.3 is 17.9 Å². The van der Waals surface area contributed by atoms with Gasteiger partial charge in [0.25, 0.3) is 0 Å². The third-order valence-electron chi connectivity index (χ3n) is 1.76. The molecular formula is C10H17NO6. The molecule has 0 spiro atoms. The van der Waals surface area contributed by atoms with Crippen LogP contribution in [0.1, 0.15) is 33.6 Å². The van der Waals surface area contributed by atoms with E-state index in [1.165, 1.54) is 0 Å². The highest BCUT2D eigenvalue weighted by atomic mass is 16.7. The molecule has 0 aliphatic heterocycles. The Morgan fingerprint density at radius 3 is 2.18 bits per heavy atom. The first-order valence-corrected chi connectivity index (χ1v) is 5.02. The van der Waals surface area contributed by atoms with Gasteiger partial charge in [-0.05, 0) is 27.2 Å². The summed E-state index contributed by atoms with van der Waals surface area (Å²) >= 11 is 0. The molecule has 17 heavy (non-hydrogen) atoms. The number of rotatable bonds is 5. The SMILES string of the molecule is CC(C)(C)OC(=O)C(CCC(=O)ON)C(=O)O. The second-order valence-electron chi connectivity index (χ2n) is 4.45. The molecule has 0 aliphatic rings. The zero-order valence-electron chi connectivity index (χ0n) is 10.1. The Kier molecular flexibility index (Phi) is 5.60. The van der Waals surface area contributed by atoms with E-state index < -0.39 is 29.4 Å². The Hall–Kier alpha value is -1.63. The molecule has 0 aliphatic carbocycles. The van der Waals surface area contributed by atoms with Crippen LogP contribution in [0.25, 0.3) is 0 Å². The minimum atomic E-state index is -1.40. The van der Waals surface area contributed by atoms with E-state index >= 15 is 0 Å². The quantitative estimate of drug-likeness (QED) is 0.405. The summed E-state index contributed by atoms with van der Waals surface area (Å²) in [6.45, 7) is 4.87. The van der Waals surface area contributed by atoms with Gasteiger partial charge in [-0.25, -0.2) is 0 Å². The number of nitrogens with two attached hydrogens (primary N) is 1. The molecule has 0 aromatic heterocycles. The van der Waals surface area contributed by atoms with Crippen LogP contribution in [-0.2, 0) is 24.0 Å².